The van der Waals surface area contributed by atoms with E-state index >= 15 is 0 Å². The Kier molecular flexibility index (Phi) is 4.98. The van der Waals surface area contributed by atoms with E-state index in [9.17, 15) is 13.5 Å². The number of ether oxygens (including phenoxy) is 1. The average Bonchev–Trinajstić information content (AvgIpc) is 2.18. The standard InChI is InChI=1S/C9H19NO4S/c1-2-14-7-8-15(12,13)10-5-3-9(11)4-6-10/h9,11H,2-8H2,1H3. The zero-order chi connectivity index (χ0) is 11.3. The summed E-state index contributed by atoms with van der Waals surface area (Å²) in [7, 11) is -3.18. The zero-order valence-corrected chi connectivity index (χ0v) is 9.87. The molecule has 5 nitrogen and oxygen atoms in total. The third-order valence-electron chi connectivity index (χ3n) is 2.51. The van der Waals surface area contributed by atoms with Gasteiger partial charge in [-0.1, -0.05) is 0 Å². The lowest BCUT2D eigenvalue weighted by Crippen LogP contribution is -2.41. The summed E-state index contributed by atoms with van der Waals surface area (Å²) in [5.41, 5.74) is 0. The molecular formula is C9H19NO4S. The summed E-state index contributed by atoms with van der Waals surface area (Å²) in [6, 6.07) is 0. The highest BCUT2D eigenvalue weighted by Gasteiger charge is 2.26. The molecule has 15 heavy (non-hydrogen) atoms. The van der Waals surface area contributed by atoms with E-state index in [1.54, 1.807) is 0 Å². The lowest BCUT2D eigenvalue weighted by molar-refractivity contribution is 0.112. The van der Waals surface area contributed by atoms with Crippen molar-refractivity contribution in [3.63, 3.8) is 0 Å². The van der Waals surface area contributed by atoms with Crippen molar-refractivity contribution in [3.8, 4) is 0 Å². The second-order valence-electron chi connectivity index (χ2n) is 3.64. The van der Waals surface area contributed by atoms with Gasteiger partial charge in [0.1, 0.15) is 0 Å². The van der Waals surface area contributed by atoms with Crippen LogP contribution in [0.4, 0.5) is 0 Å². The maximum atomic E-state index is 11.7. The lowest BCUT2D eigenvalue weighted by atomic mass is 10.1. The van der Waals surface area contributed by atoms with Crippen LogP contribution in [0.15, 0.2) is 0 Å². The quantitative estimate of drug-likeness (QED) is 0.673. The first-order valence-electron chi connectivity index (χ1n) is 5.30. The van der Waals surface area contributed by atoms with E-state index in [4.69, 9.17) is 4.74 Å². The highest BCUT2D eigenvalue weighted by atomic mass is 32.2. The molecule has 1 N–H and O–H groups in total. The molecule has 0 atom stereocenters. The summed E-state index contributed by atoms with van der Waals surface area (Å²) in [6.45, 7) is 3.47. The number of piperidine rings is 1. The number of hydrogen-bond acceptors (Lipinski definition) is 4. The van der Waals surface area contributed by atoms with E-state index in [0.717, 1.165) is 0 Å². The molecule has 1 aliphatic heterocycles. The van der Waals surface area contributed by atoms with E-state index in [-0.39, 0.29) is 18.5 Å². The van der Waals surface area contributed by atoms with Gasteiger partial charge in [0.05, 0.1) is 18.5 Å². The molecule has 0 amide bonds. The molecule has 0 spiro atoms. The summed E-state index contributed by atoms with van der Waals surface area (Å²) >= 11 is 0. The van der Waals surface area contributed by atoms with Crippen LogP contribution in [-0.4, -0.2) is 56.0 Å². The molecule has 1 heterocycles. The van der Waals surface area contributed by atoms with Crippen molar-refractivity contribution in [2.75, 3.05) is 32.1 Å². The van der Waals surface area contributed by atoms with E-state index in [1.165, 1.54) is 4.31 Å². The fraction of sp³-hybridized carbons (Fsp3) is 1.00. The predicted molar refractivity (Wildman–Crippen MR) is 57.1 cm³/mol. The maximum absolute atomic E-state index is 11.7. The molecule has 6 heteroatoms. The molecule has 0 aromatic carbocycles. The van der Waals surface area contributed by atoms with Crippen LogP contribution < -0.4 is 0 Å². The van der Waals surface area contributed by atoms with Crippen LogP contribution in [0.5, 0.6) is 0 Å². The van der Waals surface area contributed by atoms with E-state index in [1.807, 2.05) is 6.92 Å². The Balaban J connectivity index is 2.40. The number of aliphatic hydroxyl groups is 1. The molecular weight excluding hydrogens is 218 g/mol. The van der Waals surface area contributed by atoms with Gasteiger partial charge in [-0.3, -0.25) is 0 Å². The molecule has 90 valence electrons. The zero-order valence-electron chi connectivity index (χ0n) is 9.05. The van der Waals surface area contributed by atoms with Crippen molar-refractivity contribution in [2.24, 2.45) is 0 Å². The Hall–Kier alpha value is -0.170. The highest BCUT2D eigenvalue weighted by Crippen LogP contribution is 2.13. The summed E-state index contributed by atoms with van der Waals surface area (Å²) in [6.07, 6.45) is 0.727. The van der Waals surface area contributed by atoms with Crippen molar-refractivity contribution in [3.05, 3.63) is 0 Å². The van der Waals surface area contributed by atoms with Crippen molar-refractivity contribution in [2.45, 2.75) is 25.9 Å². The molecule has 0 unspecified atom stereocenters. The predicted octanol–water partition coefficient (Wildman–Crippen LogP) is -0.191. The molecule has 0 aromatic rings. The molecule has 1 saturated heterocycles. The van der Waals surface area contributed by atoms with Gasteiger partial charge < -0.3 is 9.84 Å². The number of hydrogen-bond donors (Lipinski definition) is 1. The SMILES string of the molecule is CCOCCS(=O)(=O)N1CCC(O)CC1. The van der Waals surface area contributed by atoms with E-state index in [2.05, 4.69) is 0 Å². The molecule has 0 aliphatic carbocycles. The van der Waals surface area contributed by atoms with Gasteiger partial charge in [-0.15, -0.1) is 0 Å². The fourth-order valence-electron chi connectivity index (χ4n) is 1.56. The average molecular weight is 237 g/mol. The topological polar surface area (TPSA) is 66.8 Å². The number of rotatable bonds is 5. The molecule has 1 aliphatic rings. The minimum atomic E-state index is -3.18. The normalized spacial score (nSPS) is 20.7. The number of sulfonamides is 1. The van der Waals surface area contributed by atoms with Gasteiger partial charge in [0.2, 0.25) is 10.0 Å². The first-order valence-corrected chi connectivity index (χ1v) is 6.91. The first-order chi connectivity index (χ1) is 7.06. The van der Waals surface area contributed by atoms with Gasteiger partial charge in [0, 0.05) is 19.7 Å². The fourth-order valence-corrected chi connectivity index (χ4v) is 2.91. The van der Waals surface area contributed by atoms with Crippen LogP contribution >= 0.6 is 0 Å². The second kappa shape index (κ2) is 5.79. The van der Waals surface area contributed by atoms with Crippen molar-refractivity contribution < 1.29 is 18.3 Å². The van der Waals surface area contributed by atoms with Gasteiger partial charge >= 0.3 is 0 Å². The molecule has 1 rings (SSSR count). The summed E-state index contributed by atoms with van der Waals surface area (Å²) in [4.78, 5) is 0. The Bertz CT molecular complexity index is 270. The van der Waals surface area contributed by atoms with Crippen molar-refractivity contribution in [1.82, 2.24) is 4.31 Å². The van der Waals surface area contributed by atoms with Gasteiger partial charge in [-0.05, 0) is 19.8 Å². The van der Waals surface area contributed by atoms with Gasteiger partial charge in [0.15, 0.2) is 0 Å². The molecule has 0 aromatic heterocycles. The number of nitrogens with zero attached hydrogens (tertiary/aromatic N) is 1. The maximum Gasteiger partial charge on any atom is 0.216 e. The van der Waals surface area contributed by atoms with Crippen LogP contribution in [0.1, 0.15) is 19.8 Å². The van der Waals surface area contributed by atoms with Crippen LogP contribution in [-0.2, 0) is 14.8 Å². The van der Waals surface area contributed by atoms with Gasteiger partial charge in [-0.2, -0.15) is 0 Å². The van der Waals surface area contributed by atoms with E-state index in [0.29, 0.717) is 32.5 Å². The number of aliphatic hydroxyl groups excluding tert-OH is 1. The van der Waals surface area contributed by atoms with Crippen LogP contribution in [0, 0.1) is 0 Å². The Labute approximate surface area is 91.1 Å². The summed E-state index contributed by atoms with van der Waals surface area (Å²) < 4.78 is 29.9. The third-order valence-corrected chi connectivity index (χ3v) is 4.34. The minimum absolute atomic E-state index is 0.0386. The largest absolute Gasteiger partial charge is 0.393 e. The summed E-state index contributed by atoms with van der Waals surface area (Å²) in [5.74, 6) is 0.0386. The van der Waals surface area contributed by atoms with Crippen LogP contribution in [0.3, 0.4) is 0 Å². The minimum Gasteiger partial charge on any atom is -0.393 e. The lowest BCUT2D eigenvalue weighted by Gasteiger charge is -2.28. The van der Waals surface area contributed by atoms with Gasteiger partial charge in [-0.25, -0.2) is 12.7 Å². The monoisotopic (exact) mass is 237 g/mol. The molecule has 0 radical (unpaired) electrons. The third kappa shape index (κ3) is 4.06. The van der Waals surface area contributed by atoms with Crippen molar-refractivity contribution >= 4 is 10.0 Å². The van der Waals surface area contributed by atoms with E-state index < -0.39 is 10.0 Å². The Morgan fingerprint density at radius 3 is 2.53 bits per heavy atom. The van der Waals surface area contributed by atoms with Gasteiger partial charge in [0.25, 0.3) is 0 Å². The molecule has 0 saturated carbocycles. The Morgan fingerprint density at radius 1 is 1.40 bits per heavy atom. The summed E-state index contributed by atoms with van der Waals surface area (Å²) in [5, 5.41) is 9.26. The first kappa shape index (κ1) is 12.9. The van der Waals surface area contributed by atoms with Crippen molar-refractivity contribution in [1.29, 1.82) is 0 Å². The van der Waals surface area contributed by atoms with Crippen LogP contribution in [0.25, 0.3) is 0 Å². The molecule has 1 fully saturated rings. The van der Waals surface area contributed by atoms with Crippen LogP contribution in [0.2, 0.25) is 0 Å². The molecule has 0 bridgehead atoms. The second-order valence-corrected chi connectivity index (χ2v) is 5.73. The smallest absolute Gasteiger partial charge is 0.216 e. The highest BCUT2D eigenvalue weighted by molar-refractivity contribution is 7.89. The Morgan fingerprint density at radius 2 is 2.00 bits per heavy atom.